The third kappa shape index (κ3) is 5.35. The molecule has 0 fully saturated rings. The van der Waals surface area contributed by atoms with Crippen molar-refractivity contribution in [2.75, 3.05) is 39.7 Å². The maximum Gasteiger partial charge on any atom is 0.273 e. The number of anilines is 2. The van der Waals surface area contributed by atoms with Gasteiger partial charge in [0.1, 0.15) is 12.2 Å². The molecule has 12 heteroatoms. The molecule has 0 bridgehead atoms. The van der Waals surface area contributed by atoms with E-state index in [-0.39, 0.29) is 23.8 Å². The lowest BCUT2D eigenvalue weighted by atomic mass is 10.1. The molecule has 168 valence electrons. The zero-order valence-electron chi connectivity index (χ0n) is 20.5. The van der Waals surface area contributed by atoms with Crippen LogP contribution in [-0.2, 0) is 16.1 Å². The fraction of sp³-hybridized carbons (Fsp3) is 0.300. The molecule has 0 saturated carbocycles. The lowest BCUT2D eigenvalue weighted by Gasteiger charge is -2.15. The molecule has 12 nitrogen and oxygen atoms in total. The van der Waals surface area contributed by atoms with Crippen LogP contribution in [0.2, 0.25) is 0 Å². The number of nitrogens with one attached hydrogen (secondary N) is 3. The molecule has 0 aliphatic carbocycles. The summed E-state index contributed by atoms with van der Waals surface area (Å²) in [5.74, 6) is -0.801. The Kier molecular flexibility index (Phi) is 6.32. The van der Waals surface area contributed by atoms with Crippen LogP contribution in [0.5, 0.6) is 5.75 Å². The van der Waals surface area contributed by atoms with Gasteiger partial charge in [0.2, 0.25) is 5.91 Å². The fourth-order valence-corrected chi connectivity index (χ4v) is 2.84. The number of benzene rings is 1. The molecule has 32 heavy (non-hydrogen) atoms. The Bertz CT molecular complexity index is 1190. The van der Waals surface area contributed by atoms with Crippen molar-refractivity contribution in [1.29, 1.82) is 0 Å². The average molecular weight is 443 g/mol. The molecular weight excluding hydrogens is 416 g/mol. The van der Waals surface area contributed by atoms with Crippen LogP contribution >= 0.6 is 0 Å². The zero-order chi connectivity index (χ0) is 25.4. The molecule has 2 aromatic heterocycles. The molecule has 2 heterocycles. The molecule has 0 atom stereocenters. The van der Waals surface area contributed by atoms with E-state index >= 15 is 0 Å². The summed E-state index contributed by atoms with van der Waals surface area (Å²) >= 11 is 0. The van der Waals surface area contributed by atoms with E-state index in [0.717, 1.165) is 0 Å². The van der Waals surface area contributed by atoms with Crippen molar-refractivity contribution in [3.05, 3.63) is 42.4 Å². The van der Waals surface area contributed by atoms with Crippen LogP contribution in [-0.4, -0.2) is 71.4 Å². The Hall–Kier alpha value is -4.06. The van der Waals surface area contributed by atoms with Gasteiger partial charge < -0.3 is 25.4 Å². The van der Waals surface area contributed by atoms with Crippen molar-refractivity contribution in [3.63, 3.8) is 0 Å². The van der Waals surface area contributed by atoms with Crippen molar-refractivity contribution in [2.24, 2.45) is 0 Å². The number of ether oxygens (including phenoxy) is 2. The van der Waals surface area contributed by atoms with Crippen molar-refractivity contribution >= 4 is 23.2 Å². The van der Waals surface area contributed by atoms with Crippen LogP contribution < -0.4 is 20.7 Å². The van der Waals surface area contributed by atoms with Crippen LogP contribution in [0.1, 0.15) is 14.6 Å². The first kappa shape index (κ1) is 18.7. The van der Waals surface area contributed by atoms with Gasteiger partial charge in [-0.3, -0.25) is 9.59 Å². The highest BCUT2D eigenvalue weighted by Crippen LogP contribution is 2.37. The summed E-state index contributed by atoms with van der Waals surface area (Å²) in [5, 5.41) is 23.5. The molecule has 3 N–H and O–H groups in total. The number of nitrogens with zero attached hydrogens (tertiary/aromatic N) is 5. The Balaban J connectivity index is 1.84. The van der Waals surface area contributed by atoms with Gasteiger partial charge in [-0.25, -0.2) is 0 Å². The third-order valence-electron chi connectivity index (χ3n) is 4.26. The van der Waals surface area contributed by atoms with E-state index in [4.69, 9.17) is 13.6 Å². The summed E-state index contributed by atoms with van der Waals surface area (Å²) in [5.41, 5.74) is 1.48. The summed E-state index contributed by atoms with van der Waals surface area (Å²) in [4.78, 5) is 25.6. The second-order valence-corrected chi connectivity index (χ2v) is 6.36. The van der Waals surface area contributed by atoms with Gasteiger partial charge in [0.05, 0.1) is 37.5 Å². The lowest BCUT2D eigenvalue weighted by Crippen LogP contribution is -2.31. The van der Waals surface area contributed by atoms with Gasteiger partial charge >= 0.3 is 0 Å². The fourth-order valence-electron chi connectivity index (χ4n) is 2.84. The second-order valence-electron chi connectivity index (χ2n) is 6.36. The van der Waals surface area contributed by atoms with E-state index in [2.05, 4.69) is 31.0 Å². The number of carbonyl (C=O) groups is 2. The summed E-state index contributed by atoms with van der Waals surface area (Å²) in [6.45, 7) is -1.99. The third-order valence-corrected chi connectivity index (χ3v) is 4.26. The molecule has 3 rings (SSSR count). The number of hydrogen-bond donors (Lipinski definition) is 3. The van der Waals surface area contributed by atoms with Gasteiger partial charge in [-0.15, -0.1) is 5.10 Å². The number of amides is 2. The molecule has 0 radical (unpaired) electrons. The largest absolute Gasteiger partial charge is 0.494 e. The average Bonchev–Trinajstić information content (AvgIpc) is 3.26. The maximum atomic E-state index is 12.4. The van der Waals surface area contributed by atoms with Crippen LogP contribution in [0.25, 0.3) is 11.3 Å². The quantitative estimate of drug-likeness (QED) is 0.384. The predicted molar refractivity (Wildman–Crippen MR) is 116 cm³/mol. The van der Waals surface area contributed by atoms with Gasteiger partial charge in [0, 0.05) is 30.3 Å². The van der Waals surface area contributed by atoms with E-state index < -0.39 is 12.9 Å². The van der Waals surface area contributed by atoms with E-state index in [1.807, 2.05) is 5.32 Å². The summed E-state index contributed by atoms with van der Waals surface area (Å²) in [6, 6.07) is 6.66. The molecule has 0 spiro atoms. The van der Waals surface area contributed by atoms with Crippen molar-refractivity contribution in [3.8, 4) is 17.0 Å². The van der Waals surface area contributed by atoms with E-state index in [1.165, 1.54) is 30.4 Å². The smallest absolute Gasteiger partial charge is 0.273 e. The van der Waals surface area contributed by atoms with Gasteiger partial charge in [0.15, 0.2) is 11.4 Å². The zero-order valence-corrected chi connectivity index (χ0v) is 17.5. The van der Waals surface area contributed by atoms with Gasteiger partial charge in [-0.2, -0.15) is 20.1 Å². The lowest BCUT2D eigenvalue weighted by molar-refractivity contribution is -0.122. The van der Waals surface area contributed by atoms with Crippen LogP contribution in [0, 0.1) is 0 Å². The maximum absolute atomic E-state index is 12.4. The van der Waals surface area contributed by atoms with Gasteiger partial charge in [0.25, 0.3) is 5.91 Å². The van der Waals surface area contributed by atoms with E-state index in [1.54, 1.807) is 25.3 Å². The van der Waals surface area contributed by atoms with E-state index in [0.29, 0.717) is 35.8 Å². The first-order chi connectivity index (χ1) is 16.7. The standard InChI is InChI=1S/C20H24N8O4/c1-21-20(30)18-14(7-8-23-26-18)25-15-6-4-5-13(19(15)32-3)16-11-24-28(27-16)12-17(29)22-9-10-31-2/h4-8,11H,9-10,12H2,1-3H3,(H,21,30)(H,22,29)(H,23,25)/i1D3. The Morgan fingerprint density at radius 3 is 2.88 bits per heavy atom. The number of methoxy groups -OCH3 is 2. The highest BCUT2D eigenvalue weighted by molar-refractivity contribution is 5.98. The van der Waals surface area contributed by atoms with Gasteiger partial charge in [-0.1, -0.05) is 6.07 Å². The topological polar surface area (TPSA) is 145 Å². The first-order valence-electron chi connectivity index (χ1n) is 11.0. The van der Waals surface area contributed by atoms with Gasteiger partial charge in [-0.05, 0) is 18.2 Å². The van der Waals surface area contributed by atoms with E-state index in [9.17, 15) is 9.59 Å². The summed E-state index contributed by atoms with van der Waals surface area (Å²) in [6.07, 6.45) is 2.85. The van der Waals surface area contributed by atoms with Crippen LogP contribution in [0.15, 0.2) is 36.7 Å². The summed E-state index contributed by atoms with van der Waals surface area (Å²) < 4.78 is 32.2. The van der Waals surface area contributed by atoms with Crippen molar-refractivity contribution in [2.45, 2.75) is 6.54 Å². The number of hydrogen-bond acceptors (Lipinski definition) is 9. The minimum Gasteiger partial charge on any atom is -0.494 e. The Morgan fingerprint density at radius 2 is 2.09 bits per heavy atom. The number of aromatic nitrogens is 5. The van der Waals surface area contributed by atoms with Crippen molar-refractivity contribution in [1.82, 2.24) is 35.8 Å². The minimum atomic E-state index is -2.68. The first-order valence-corrected chi connectivity index (χ1v) is 9.46. The Labute approximate surface area is 188 Å². The Morgan fingerprint density at radius 1 is 1.22 bits per heavy atom. The molecule has 0 saturated heterocycles. The number of rotatable bonds is 10. The van der Waals surface area contributed by atoms with Crippen LogP contribution in [0.4, 0.5) is 11.4 Å². The SMILES string of the molecule is [2H]C([2H])([2H])NC(=O)c1nnccc1Nc1cccc(-c2cnn(CC(=O)NCCOC)n2)c1OC. The molecule has 0 unspecified atom stereocenters. The monoisotopic (exact) mass is 443 g/mol. The van der Waals surface area contributed by atoms with Crippen LogP contribution in [0.3, 0.4) is 0 Å². The molecule has 0 aliphatic rings. The summed E-state index contributed by atoms with van der Waals surface area (Å²) in [7, 11) is 3.01. The number of carbonyl (C=O) groups excluding carboxylic acids is 2. The van der Waals surface area contributed by atoms with Crippen molar-refractivity contribution < 1.29 is 23.2 Å². The minimum absolute atomic E-state index is 0.0748. The highest BCUT2D eigenvalue weighted by atomic mass is 16.5. The molecule has 1 aromatic carbocycles. The highest BCUT2D eigenvalue weighted by Gasteiger charge is 2.18. The molecule has 3 aromatic rings. The molecule has 0 aliphatic heterocycles. The number of para-hydroxylation sites is 1. The molecular formula is C20H24N8O4. The predicted octanol–water partition coefficient (Wildman–Crippen LogP) is 0.609. The molecule has 2 amide bonds. The normalized spacial score (nSPS) is 12.2. The second kappa shape index (κ2) is 10.8.